The molecular formula is C30H31N9O4. The van der Waals surface area contributed by atoms with Gasteiger partial charge >= 0.3 is 0 Å². The highest BCUT2D eigenvalue weighted by Crippen LogP contribution is 2.44. The van der Waals surface area contributed by atoms with Crippen molar-refractivity contribution in [1.29, 1.82) is 0 Å². The number of carbonyl (C=O) groups excluding carboxylic acids is 1. The van der Waals surface area contributed by atoms with Gasteiger partial charge in [-0.15, -0.1) is 0 Å². The molecule has 1 amide bonds. The molecule has 1 fully saturated rings. The van der Waals surface area contributed by atoms with Crippen molar-refractivity contribution >= 4 is 17.5 Å². The van der Waals surface area contributed by atoms with Crippen LogP contribution in [0.3, 0.4) is 0 Å². The molecule has 43 heavy (non-hydrogen) atoms. The Morgan fingerprint density at radius 1 is 1.05 bits per heavy atom. The minimum absolute atomic E-state index is 0.0355. The molecule has 0 spiro atoms. The number of ether oxygens (including phenoxy) is 2. The highest BCUT2D eigenvalue weighted by molar-refractivity contribution is 6.01. The van der Waals surface area contributed by atoms with Crippen molar-refractivity contribution in [2.75, 3.05) is 13.2 Å². The number of hydrogen-bond donors (Lipinski definition) is 3. The number of aliphatic hydroxyl groups excluding tert-OH is 1. The zero-order valence-electron chi connectivity index (χ0n) is 23.3. The van der Waals surface area contributed by atoms with Gasteiger partial charge in [0, 0.05) is 46.6 Å². The van der Waals surface area contributed by atoms with Crippen molar-refractivity contribution in [2.45, 2.75) is 49.9 Å². The molecule has 0 radical (unpaired) electrons. The van der Waals surface area contributed by atoms with E-state index in [2.05, 4.69) is 30.9 Å². The molecule has 5 rings (SSSR count). The lowest BCUT2D eigenvalue weighted by atomic mass is 9.80. The Kier molecular flexibility index (Phi) is 9.40. The summed E-state index contributed by atoms with van der Waals surface area (Å²) >= 11 is 0. The summed E-state index contributed by atoms with van der Waals surface area (Å²) in [5.41, 5.74) is 25.6. The summed E-state index contributed by atoms with van der Waals surface area (Å²) < 4.78 is 12.2. The molecule has 1 aliphatic carbocycles. The predicted octanol–water partition coefficient (Wildman–Crippen LogP) is 5.48. The second-order valence-corrected chi connectivity index (χ2v) is 10.2. The van der Waals surface area contributed by atoms with E-state index in [1.54, 1.807) is 48.5 Å². The van der Waals surface area contributed by atoms with E-state index in [4.69, 9.17) is 25.1 Å². The van der Waals surface area contributed by atoms with E-state index < -0.39 is 17.6 Å². The number of rotatable bonds is 14. The summed E-state index contributed by atoms with van der Waals surface area (Å²) in [5.74, 6) is 0.444. The van der Waals surface area contributed by atoms with Crippen LogP contribution in [0.5, 0.6) is 5.75 Å². The van der Waals surface area contributed by atoms with Crippen LogP contribution in [0.4, 0.5) is 5.69 Å². The quantitative estimate of drug-likeness (QED) is 0.0745. The Bertz CT molecular complexity index is 1580. The van der Waals surface area contributed by atoms with Crippen LogP contribution in [0.25, 0.3) is 20.9 Å². The third-order valence-electron chi connectivity index (χ3n) is 7.24. The van der Waals surface area contributed by atoms with Crippen LogP contribution in [0.2, 0.25) is 0 Å². The lowest BCUT2D eigenvalue weighted by molar-refractivity contribution is -0.130. The number of hydrogen-bond acceptors (Lipinski definition) is 8. The van der Waals surface area contributed by atoms with Crippen molar-refractivity contribution in [3.8, 4) is 5.75 Å². The van der Waals surface area contributed by atoms with Crippen molar-refractivity contribution in [3.05, 3.63) is 116 Å². The number of carbonyl (C=O) groups is 1. The Labute approximate surface area is 247 Å². The van der Waals surface area contributed by atoms with Gasteiger partial charge in [-0.05, 0) is 64.9 Å². The van der Waals surface area contributed by atoms with Crippen molar-refractivity contribution in [1.82, 2.24) is 10.9 Å². The summed E-state index contributed by atoms with van der Waals surface area (Å²) in [6.45, 7) is 0.460. The normalized spacial score (nSPS) is 18.9. The first-order valence-electron chi connectivity index (χ1n) is 14.0. The Morgan fingerprint density at radius 2 is 1.79 bits per heavy atom. The van der Waals surface area contributed by atoms with Crippen molar-refractivity contribution < 1.29 is 19.4 Å². The van der Waals surface area contributed by atoms with Gasteiger partial charge in [-0.25, -0.2) is 10.4 Å². The van der Waals surface area contributed by atoms with Gasteiger partial charge in [0.1, 0.15) is 5.75 Å². The molecule has 1 saturated carbocycles. The third kappa shape index (κ3) is 6.88. The zero-order valence-corrected chi connectivity index (χ0v) is 23.3. The average molecular weight is 582 g/mol. The molecule has 1 aliphatic heterocycles. The smallest absolute Gasteiger partial charge is 0.266 e. The first-order valence-corrected chi connectivity index (χ1v) is 14.0. The number of nitrogens with zero attached hydrogens (tertiary/aromatic N) is 7. The van der Waals surface area contributed by atoms with Gasteiger partial charge in [-0.2, -0.15) is 0 Å². The third-order valence-corrected chi connectivity index (χ3v) is 7.24. The van der Waals surface area contributed by atoms with E-state index in [-0.39, 0.29) is 31.5 Å². The summed E-state index contributed by atoms with van der Waals surface area (Å²) in [6.07, 6.45) is 1.53. The van der Waals surface area contributed by atoms with Crippen LogP contribution >= 0.6 is 0 Å². The van der Waals surface area contributed by atoms with Gasteiger partial charge in [-0.3, -0.25) is 10.2 Å². The minimum Gasteiger partial charge on any atom is -0.494 e. The number of aliphatic imine (C=N–C) groups is 1. The molecule has 2 atom stereocenters. The Hall–Kier alpha value is -5.06. The second-order valence-electron chi connectivity index (χ2n) is 10.2. The fourth-order valence-electron chi connectivity index (χ4n) is 4.90. The second kappa shape index (κ2) is 13.7. The fraction of sp³-hybridized carbons (Fsp3) is 0.333. The van der Waals surface area contributed by atoms with Crippen LogP contribution in [0.15, 0.2) is 88.0 Å². The maximum Gasteiger partial charge on any atom is 0.266 e. The van der Waals surface area contributed by atoms with E-state index in [1.165, 1.54) is 0 Å². The Morgan fingerprint density at radius 3 is 2.51 bits per heavy atom. The molecule has 3 aromatic carbocycles. The molecule has 2 aliphatic rings. The maximum atomic E-state index is 14.3. The molecule has 0 aromatic heterocycles. The van der Waals surface area contributed by atoms with Crippen molar-refractivity contribution in [2.24, 2.45) is 15.2 Å². The molecule has 1 heterocycles. The van der Waals surface area contributed by atoms with Crippen LogP contribution in [-0.4, -0.2) is 41.7 Å². The average Bonchev–Trinajstić information content (AvgIpc) is 3.79. The van der Waals surface area contributed by atoms with Gasteiger partial charge in [0.2, 0.25) is 5.90 Å². The number of aliphatic hydroxyl groups is 1. The fourth-order valence-corrected chi connectivity index (χ4v) is 4.90. The molecule has 13 nitrogen and oxygen atoms in total. The number of amides is 1. The summed E-state index contributed by atoms with van der Waals surface area (Å²) in [7, 11) is 0. The maximum absolute atomic E-state index is 14.3. The first-order chi connectivity index (χ1) is 21.1. The number of azide groups is 2. The van der Waals surface area contributed by atoms with Gasteiger partial charge < -0.3 is 14.6 Å². The molecule has 220 valence electrons. The SMILES string of the molecule is [N-]=[N+]=NCc1ccccc1[C@@H]1OC(c2ccc(OCCCO)cc2)=N[C@]1(Cc1ccccc1N=[N+]=[N-])C(=O)NNC1CC1. The number of hydrazine groups is 1. The lowest BCUT2D eigenvalue weighted by Crippen LogP contribution is -2.54. The number of benzene rings is 3. The van der Waals surface area contributed by atoms with Crippen LogP contribution in [0.1, 0.15) is 47.6 Å². The standard InChI is InChI=1S/C30H31N9O4/c31-38-33-19-22-7-1-3-8-25(22)27-30(29(41)37-35-23-12-13-23,18-21-6-2-4-9-26(21)36-39-32)34-28(43-27)20-10-14-24(15-11-20)42-17-5-16-40/h1-4,6-11,14-15,23,27,35,40H,5,12-13,16-19H2,(H,37,41)/t27-,30-/m0/s1. The molecule has 3 N–H and O–H groups in total. The van der Waals surface area contributed by atoms with Gasteiger partial charge in [0.05, 0.1) is 13.2 Å². The predicted molar refractivity (Wildman–Crippen MR) is 159 cm³/mol. The monoisotopic (exact) mass is 581 g/mol. The first kappa shape index (κ1) is 29.4. The molecule has 0 bridgehead atoms. The van der Waals surface area contributed by atoms with Gasteiger partial charge in [0.25, 0.3) is 5.91 Å². The highest BCUT2D eigenvalue weighted by atomic mass is 16.5. The lowest BCUT2D eigenvalue weighted by Gasteiger charge is -2.32. The van der Waals surface area contributed by atoms with E-state index >= 15 is 0 Å². The van der Waals surface area contributed by atoms with Crippen LogP contribution in [0, 0.1) is 0 Å². The summed E-state index contributed by atoms with van der Waals surface area (Å²) in [4.78, 5) is 25.2. The summed E-state index contributed by atoms with van der Waals surface area (Å²) in [6, 6.07) is 21.7. The molecule has 0 unspecified atom stereocenters. The van der Waals surface area contributed by atoms with Gasteiger partial charge in [-0.1, -0.05) is 58.8 Å². The topological polar surface area (TPSA) is 190 Å². The van der Waals surface area contributed by atoms with E-state index in [0.29, 0.717) is 46.7 Å². The van der Waals surface area contributed by atoms with E-state index in [0.717, 1.165) is 12.8 Å². The molecule has 13 heteroatoms. The van der Waals surface area contributed by atoms with E-state index in [9.17, 15) is 10.3 Å². The van der Waals surface area contributed by atoms with Crippen LogP contribution in [-0.2, 0) is 22.5 Å². The minimum atomic E-state index is -1.54. The highest BCUT2D eigenvalue weighted by Gasteiger charge is 2.54. The molecule has 0 saturated heterocycles. The summed E-state index contributed by atoms with van der Waals surface area (Å²) in [5, 5.41) is 16.7. The van der Waals surface area contributed by atoms with Gasteiger partial charge in [0.15, 0.2) is 11.6 Å². The van der Waals surface area contributed by atoms with Crippen LogP contribution < -0.4 is 15.6 Å². The van der Waals surface area contributed by atoms with Crippen molar-refractivity contribution in [3.63, 3.8) is 0 Å². The molecular weight excluding hydrogens is 550 g/mol. The largest absolute Gasteiger partial charge is 0.494 e. The molecule has 3 aromatic rings. The number of nitrogens with one attached hydrogen (secondary N) is 2. The Balaban J connectivity index is 1.62. The zero-order chi connectivity index (χ0) is 30.1. The van der Waals surface area contributed by atoms with E-state index in [1.807, 2.05) is 24.3 Å².